The van der Waals surface area contributed by atoms with Crippen LogP contribution in [0.1, 0.15) is 12.8 Å². The summed E-state index contributed by atoms with van der Waals surface area (Å²) in [5.74, 6) is -2.16. The molecule has 0 saturated carbocycles. The zero-order valence-electron chi connectivity index (χ0n) is 8.17. The van der Waals surface area contributed by atoms with E-state index < -0.39 is 17.7 Å². The number of aliphatic carboxylic acids is 1. The molecule has 86 valence electrons. The van der Waals surface area contributed by atoms with Crippen LogP contribution in [-0.2, 0) is 9.59 Å². The fraction of sp³-hybridized carbons (Fsp3) is 0.200. The molecule has 0 heterocycles. The predicted molar refractivity (Wildman–Crippen MR) is 59.6 cm³/mol. The van der Waals surface area contributed by atoms with Gasteiger partial charge in [0.2, 0.25) is 5.91 Å². The van der Waals surface area contributed by atoms with Crippen LogP contribution in [0, 0.1) is 5.82 Å². The number of carboxylic acid groups (broad SMARTS) is 1. The molecule has 0 aliphatic heterocycles. The number of rotatable bonds is 4. The third-order valence-corrected chi connectivity index (χ3v) is 2.26. The fourth-order valence-electron chi connectivity index (χ4n) is 1.02. The van der Waals surface area contributed by atoms with Crippen molar-refractivity contribution in [3.63, 3.8) is 0 Å². The summed E-state index contributed by atoms with van der Waals surface area (Å²) in [6.07, 6.45) is -0.450. The van der Waals surface area contributed by atoms with E-state index in [1.54, 1.807) is 6.07 Å². The molecule has 16 heavy (non-hydrogen) atoms. The summed E-state index contributed by atoms with van der Waals surface area (Å²) in [4.78, 5) is 21.4. The second kappa shape index (κ2) is 5.60. The average Bonchev–Trinajstić information content (AvgIpc) is 2.19. The fourth-order valence-corrected chi connectivity index (χ4v) is 1.36. The van der Waals surface area contributed by atoms with E-state index in [1.807, 2.05) is 0 Å². The van der Waals surface area contributed by atoms with Gasteiger partial charge in [-0.15, -0.1) is 0 Å². The zero-order chi connectivity index (χ0) is 12.1. The molecule has 0 atom stereocenters. The third kappa shape index (κ3) is 3.98. The largest absolute Gasteiger partial charge is 0.481 e. The Balaban J connectivity index is 2.59. The van der Waals surface area contributed by atoms with E-state index in [-0.39, 0.29) is 18.5 Å². The highest BCUT2D eigenvalue weighted by Gasteiger charge is 2.08. The quantitative estimate of drug-likeness (QED) is 0.894. The van der Waals surface area contributed by atoms with Crippen LogP contribution in [0.4, 0.5) is 10.1 Å². The van der Waals surface area contributed by atoms with E-state index in [0.717, 1.165) is 0 Å². The molecule has 0 fully saturated rings. The van der Waals surface area contributed by atoms with Gasteiger partial charge in [0.05, 0.1) is 12.1 Å². The minimum Gasteiger partial charge on any atom is -0.481 e. The molecule has 0 radical (unpaired) electrons. The molecule has 0 aliphatic carbocycles. The Hall–Kier alpha value is -1.43. The molecule has 2 N–H and O–H groups in total. The second-order valence-electron chi connectivity index (χ2n) is 3.07. The summed E-state index contributed by atoms with van der Waals surface area (Å²) >= 11 is 3.08. The molecule has 0 aromatic heterocycles. The zero-order valence-corrected chi connectivity index (χ0v) is 9.75. The monoisotopic (exact) mass is 289 g/mol. The third-order valence-electron chi connectivity index (χ3n) is 1.77. The van der Waals surface area contributed by atoms with Gasteiger partial charge >= 0.3 is 5.97 Å². The molecule has 1 rings (SSSR count). The van der Waals surface area contributed by atoms with Crippen LogP contribution in [0.25, 0.3) is 0 Å². The summed E-state index contributed by atoms with van der Waals surface area (Å²) in [5, 5.41) is 10.7. The molecule has 1 amide bonds. The summed E-state index contributed by atoms with van der Waals surface area (Å²) in [6, 6.07) is 4.20. The number of carbonyl (C=O) groups excluding carboxylic acids is 1. The van der Waals surface area contributed by atoms with Crippen molar-refractivity contribution in [3.05, 3.63) is 28.5 Å². The minimum absolute atomic E-state index is 0.0404. The molecule has 1 aromatic rings. The van der Waals surface area contributed by atoms with Crippen LogP contribution in [0.3, 0.4) is 0 Å². The molecule has 0 bridgehead atoms. The van der Waals surface area contributed by atoms with Gasteiger partial charge in [-0.1, -0.05) is 15.9 Å². The van der Waals surface area contributed by atoms with Gasteiger partial charge in [-0.2, -0.15) is 0 Å². The molecule has 0 spiro atoms. The predicted octanol–water partition coefficient (Wildman–Crippen LogP) is 2.39. The Morgan fingerprint density at radius 3 is 2.62 bits per heavy atom. The molecule has 0 aliphatic rings. The van der Waals surface area contributed by atoms with Crippen LogP contribution < -0.4 is 5.32 Å². The van der Waals surface area contributed by atoms with Gasteiger partial charge in [0.1, 0.15) is 5.82 Å². The van der Waals surface area contributed by atoms with Crippen LogP contribution >= 0.6 is 15.9 Å². The Kier molecular flexibility index (Phi) is 4.42. The Bertz CT molecular complexity index is 423. The normalized spacial score (nSPS) is 9.88. The van der Waals surface area contributed by atoms with Gasteiger partial charge in [0.25, 0.3) is 0 Å². The number of anilines is 1. The lowest BCUT2D eigenvalue weighted by molar-refractivity contribution is -0.138. The van der Waals surface area contributed by atoms with Gasteiger partial charge in [-0.05, 0) is 18.2 Å². The molecular weight excluding hydrogens is 281 g/mol. The van der Waals surface area contributed by atoms with Crippen molar-refractivity contribution in [2.45, 2.75) is 12.8 Å². The topological polar surface area (TPSA) is 66.4 Å². The maximum atomic E-state index is 13.2. The second-order valence-corrected chi connectivity index (χ2v) is 3.98. The number of amides is 1. The minimum atomic E-state index is -1.06. The Morgan fingerprint density at radius 1 is 1.38 bits per heavy atom. The van der Waals surface area contributed by atoms with Crippen LogP contribution in [0.5, 0.6) is 0 Å². The first-order valence-electron chi connectivity index (χ1n) is 4.45. The van der Waals surface area contributed by atoms with E-state index in [1.165, 1.54) is 12.1 Å². The van der Waals surface area contributed by atoms with Gasteiger partial charge in [0.15, 0.2) is 0 Å². The lowest BCUT2D eigenvalue weighted by atomic mass is 10.2. The van der Waals surface area contributed by atoms with Crippen molar-refractivity contribution in [1.29, 1.82) is 0 Å². The first-order chi connectivity index (χ1) is 7.49. The van der Waals surface area contributed by atoms with Crippen LogP contribution in [0.2, 0.25) is 0 Å². The standard InChI is InChI=1S/C10H9BrFNO3/c11-6-1-2-8(7(12)5-6)13-9(14)3-4-10(15)16/h1-2,5H,3-4H2,(H,13,14)(H,15,16). The number of carbonyl (C=O) groups is 2. The molecule has 6 heteroatoms. The molecule has 4 nitrogen and oxygen atoms in total. The van der Waals surface area contributed by atoms with E-state index in [2.05, 4.69) is 21.2 Å². The van der Waals surface area contributed by atoms with E-state index in [4.69, 9.17) is 5.11 Å². The van der Waals surface area contributed by atoms with Gasteiger partial charge in [0, 0.05) is 10.9 Å². The highest BCUT2D eigenvalue weighted by atomic mass is 79.9. The van der Waals surface area contributed by atoms with Gasteiger partial charge < -0.3 is 10.4 Å². The van der Waals surface area contributed by atoms with Crippen molar-refractivity contribution < 1.29 is 19.1 Å². The van der Waals surface area contributed by atoms with Gasteiger partial charge in [-0.25, -0.2) is 4.39 Å². The first kappa shape index (κ1) is 12.6. The van der Waals surface area contributed by atoms with Crippen molar-refractivity contribution in [2.75, 3.05) is 5.32 Å². The van der Waals surface area contributed by atoms with E-state index >= 15 is 0 Å². The van der Waals surface area contributed by atoms with Crippen LogP contribution in [-0.4, -0.2) is 17.0 Å². The van der Waals surface area contributed by atoms with E-state index in [0.29, 0.717) is 4.47 Å². The summed E-state index contributed by atoms with van der Waals surface area (Å²) in [7, 11) is 0. The average molecular weight is 290 g/mol. The number of hydrogen-bond donors (Lipinski definition) is 2. The highest BCUT2D eigenvalue weighted by molar-refractivity contribution is 9.10. The molecule has 0 saturated heterocycles. The van der Waals surface area contributed by atoms with E-state index in [9.17, 15) is 14.0 Å². The molecular formula is C10H9BrFNO3. The number of carboxylic acids is 1. The van der Waals surface area contributed by atoms with Crippen molar-refractivity contribution in [1.82, 2.24) is 0 Å². The van der Waals surface area contributed by atoms with Crippen molar-refractivity contribution in [3.8, 4) is 0 Å². The number of halogens is 2. The highest BCUT2D eigenvalue weighted by Crippen LogP contribution is 2.19. The lowest BCUT2D eigenvalue weighted by Crippen LogP contribution is -2.14. The number of hydrogen-bond acceptors (Lipinski definition) is 2. The number of benzene rings is 1. The molecule has 0 unspecified atom stereocenters. The summed E-state index contributed by atoms with van der Waals surface area (Å²) in [6.45, 7) is 0. The van der Waals surface area contributed by atoms with Crippen molar-refractivity contribution >= 4 is 33.5 Å². The SMILES string of the molecule is O=C(O)CCC(=O)Nc1ccc(Br)cc1F. The maximum Gasteiger partial charge on any atom is 0.303 e. The van der Waals surface area contributed by atoms with Crippen LogP contribution in [0.15, 0.2) is 22.7 Å². The Morgan fingerprint density at radius 2 is 2.06 bits per heavy atom. The maximum absolute atomic E-state index is 13.2. The Labute approximate surface area is 99.6 Å². The summed E-state index contributed by atoms with van der Waals surface area (Å²) < 4.78 is 13.8. The smallest absolute Gasteiger partial charge is 0.303 e. The first-order valence-corrected chi connectivity index (χ1v) is 5.25. The van der Waals surface area contributed by atoms with Crippen molar-refractivity contribution in [2.24, 2.45) is 0 Å². The van der Waals surface area contributed by atoms with Gasteiger partial charge in [-0.3, -0.25) is 9.59 Å². The molecule has 1 aromatic carbocycles. The summed E-state index contributed by atoms with van der Waals surface area (Å²) in [5.41, 5.74) is 0.0404. The lowest BCUT2D eigenvalue weighted by Gasteiger charge is -2.05. The number of nitrogens with one attached hydrogen (secondary N) is 1.